The van der Waals surface area contributed by atoms with Gasteiger partial charge in [-0.3, -0.25) is 0 Å². The van der Waals surface area contributed by atoms with Crippen LogP contribution in [0.5, 0.6) is 5.75 Å². The van der Waals surface area contributed by atoms with Crippen molar-refractivity contribution in [3.8, 4) is 5.75 Å². The normalized spacial score (nSPS) is 28.0. The number of benzene rings is 3. The fraction of sp³-hybridized carbons (Fsp3) is 0.357. The molecule has 2 aliphatic rings. The van der Waals surface area contributed by atoms with E-state index in [1.807, 2.05) is 54.6 Å². The second-order valence-electron chi connectivity index (χ2n) is 9.12. The van der Waals surface area contributed by atoms with Gasteiger partial charge in [0.25, 0.3) is 0 Å². The predicted octanol–water partition coefficient (Wildman–Crippen LogP) is 2.44. The largest absolute Gasteiger partial charge is 0.491 e. The summed E-state index contributed by atoms with van der Waals surface area (Å²) in [6.07, 6.45) is -5.24. The van der Waals surface area contributed by atoms with Gasteiger partial charge in [-0.2, -0.15) is 0 Å². The molecule has 0 saturated carbocycles. The van der Waals surface area contributed by atoms with Gasteiger partial charge in [-0.15, -0.1) is 0 Å². The summed E-state index contributed by atoms with van der Waals surface area (Å²) >= 11 is 0. The Hall–Kier alpha value is -2.78. The number of hydrogen-bond donors (Lipinski definition) is 4. The Kier molecular flexibility index (Phi) is 7.15. The quantitative estimate of drug-likeness (QED) is 0.413. The molecule has 7 nitrogen and oxygen atoms in total. The summed E-state index contributed by atoms with van der Waals surface area (Å²) in [5, 5.41) is 40.0. The Bertz CT molecular complexity index is 1130. The van der Waals surface area contributed by atoms with Crippen LogP contribution in [-0.4, -0.2) is 58.1 Å². The lowest BCUT2D eigenvalue weighted by atomic mass is 9.90. The molecule has 3 aromatic rings. The topological polar surface area (TPSA) is 109 Å². The molecule has 4 N–H and O–H groups in total. The summed E-state index contributed by atoms with van der Waals surface area (Å²) in [7, 11) is 0. The first kappa shape index (κ1) is 23.9. The van der Waals surface area contributed by atoms with Crippen LogP contribution in [0.15, 0.2) is 72.8 Å². The number of aliphatic hydroxyl groups excluding tert-OH is 4. The van der Waals surface area contributed by atoms with Gasteiger partial charge in [0.2, 0.25) is 0 Å². The van der Waals surface area contributed by atoms with Crippen LogP contribution in [0.1, 0.15) is 40.0 Å². The van der Waals surface area contributed by atoms with Gasteiger partial charge in [-0.25, -0.2) is 0 Å². The zero-order valence-electron chi connectivity index (χ0n) is 19.2. The van der Waals surface area contributed by atoms with E-state index in [1.54, 1.807) is 6.07 Å². The Labute approximate surface area is 204 Å². The molecule has 1 saturated heterocycles. The van der Waals surface area contributed by atoms with Gasteiger partial charge >= 0.3 is 0 Å². The molecule has 0 aromatic heterocycles. The molecule has 1 fully saturated rings. The number of rotatable bonds is 7. The van der Waals surface area contributed by atoms with Crippen molar-refractivity contribution in [2.75, 3.05) is 13.2 Å². The maximum absolute atomic E-state index is 10.4. The monoisotopic (exact) mass is 478 g/mol. The molecule has 2 heterocycles. The first-order valence-electron chi connectivity index (χ1n) is 11.8. The van der Waals surface area contributed by atoms with E-state index in [4.69, 9.17) is 14.2 Å². The molecule has 35 heavy (non-hydrogen) atoms. The van der Waals surface area contributed by atoms with Crippen molar-refractivity contribution in [1.29, 1.82) is 0 Å². The molecule has 0 radical (unpaired) electrons. The van der Waals surface area contributed by atoms with Crippen molar-refractivity contribution in [2.45, 2.75) is 49.7 Å². The highest BCUT2D eigenvalue weighted by molar-refractivity contribution is 5.35. The van der Waals surface area contributed by atoms with E-state index in [2.05, 4.69) is 12.1 Å². The second kappa shape index (κ2) is 10.5. The lowest BCUT2D eigenvalue weighted by Gasteiger charge is -2.40. The minimum absolute atomic E-state index is 0.0592. The minimum Gasteiger partial charge on any atom is -0.491 e. The summed E-state index contributed by atoms with van der Waals surface area (Å²) in [5.74, 6) is 0.775. The van der Waals surface area contributed by atoms with Crippen LogP contribution in [-0.2, 0) is 22.5 Å². The second-order valence-corrected chi connectivity index (χ2v) is 9.12. The van der Waals surface area contributed by atoms with Gasteiger partial charge in [0.1, 0.15) is 49.0 Å². The van der Waals surface area contributed by atoms with Gasteiger partial charge in [0.15, 0.2) is 0 Å². The Morgan fingerprint density at radius 3 is 2.43 bits per heavy atom. The Morgan fingerprint density at radius 2 is 1.63 bits per heavy atom. The molecule has 3 aromatic carbocycles. The smallest absolute Gasteiger partial charge is 0.119 e. The third kappa shape index (κ3) is 5.11. The van der Waals surface area contributed by atoms with E-state index in [0.29, 0.717) is 25.2 Å². The van der Waals surface area contributed by atoms with E-state index in [1.165, 1.54) is 11.1 Å². The zero-order chi connectivity index (χ0) is 24.4. The average molecular weight is 479 g/mol. The molecule has 0 amide bonds. The Morgan fingerprint density at radius 1 is 0.829 bits per heavy atom. The number of ether oxygens (including phenoxy) is 3. The summed E-state index contributed by atoms with van der Waals surface area (Å²) in [6, 6.07) is 23.7. The number of hydrogen-bond acceptors (Lipinski definition) is 7. The fourth-order valence-corrected chi connectivity index (χ4v) is 4.77. The van der Waals surface area contributed by atoms with Crippen LogP contribution in [0, 0.1) is 0 Å². The maximum Gasteiger partial charge on any atom is 0.119 e. The predicted molar refractivity (Wildman–Crippen MR) is 128 cm³/mol. The first-order valence-corrected chi connectivity index (χ1v) is 11.8. The van der Waals surface area contributed by atoms with Crippen LogP contribution in [0.2, 0.25) is 0 Å². The molecule has 0 spiro atoms. The third-order valence-corrected chi connectivity index (χ3v) is 6.75. The van der Waals surface area contributed by atoms with E-state index in [9.17, 15) is 20.4 Å². The molecule has 0 aliphatic carbocycles. The van der Waals surface area contributed by atoms with Crippen molar-refractivity contribution in [3.63, 3.8) is 0 Å². The lowest BCUT2D eigenvalue weighted by molar-refractivity contribution is -0.231. The SMILES string of the molecule is OC[C@H]1O[C@@H](c2cccc(Cc3ccc(OCC4OCc5ccccc54)cc3)c2)[C@H](O)[C@@H](O)[C@@H]1O. The maximum atomic E-state index is 10.4. The first-order chi connectivity index (χ1) is 17.0. The molecule has 1 unspecified atom stereocenters. The number of aliphatic hydroxyl groups is 4. The van der Waals surface area contributed by atoms with Crippen LogP contribution in [0.4, 0.5) is 0 Å². The standard InChI is InChI=1S/C28H30O7/c29-14-23-25(30)26(31)27(32)28(35-23)19-6-3-4-18(13-19)12-17-8-10-21(11-9-17)33-16-24-22-7-2-1-5-20(22)15-34-24/h1-11,13,23-32H,12,14-16H2/t23-,24?,25-,26+,27-,28+/m1/s1. The molecule has 0 bridgehead atoms. The van der Waals surface area contributed by atoms with Crippen LogP contribution in [0.25, 0.3) is 0 Å². The molecular formula is C28H30O7. The van der Waals surface area contributed by atoms with Gasteiger partial charge in [0.05, 0.1) is 13.2 Å². The van der Waals surface area contributed by atoms with Crippen LogP contribution >= 0.6 is 0 Å². The highest BCUT2D eigenvalue weighted by Crippen LogP contribution is 2.33. The van der Waals surface area contributed by atoms with Crippen molar-refractivity contribution < 1.29 is 34.6 Å². The van der Waals surface area contributed by atoms with Crippen molar-refractivity contribution in [3.05, 3.63) is 101 Å². The van der Waals surface area contributed by atoms with E-state index in [-0.39, 0.29) is 6.10 Å². The summed E-state index contributed by atoms with van der Waals surface area (Å²) in [5.41, 5.74) is 5.16. The Balaban J connectivity index is 1.21. The molecule has 6 atom stereocenters. The number of fused-ring (bicyclic) bond motifs is 1. The van der Waals surface area contributed by atoms with Gasteiger partial charge < -0.3 is 34.6 Å². The molecule has 5 rings (SSSR count). The van der Waals surface area contributed by atoms with Crippen molar-refractivity contribution in [2.24, 2.45) is 0 Å². The van der Waals surface area contributed by atoms with E-state index >= 15 is 0 Å². The summed E-state index contributed by atoms with van der Waals surface area (Å²) in [6.45, 7) is 0.623. The third-order valence-electron chi connectivity index (χ3n) is 6.75. The fourth-order valence-electron chi connectivity index (χ4n) is 4.77. The molecular weight excluding hydrogens is 448 g/mol. The van der Waals surface area contributed by atoms with E-state index in [0.717, 1.165) is 16.9 Å². The average Bonchev–Trinajstić information content (AvgIpc) is 3.30. The van der Waals surface area contributed by atoms with Crippen molar-refractivity contribution in [1.82, 2.24) is 0 Å². The van der Waals surface area contributed by atoms with Gasteiger partial charge in [0, 0.05) is 0 Å². The summed E-state index contributed by atoms with van der Waals surface area (Å²) < 4.78 is 17.5. The minimum atomic E-state index is -1.40. The lowest BCUT2D eigenvalue weighted by Crippen LogP contribution is -2.55. The molecule has 7 heteroatoms. The van der Waals surface area contributed by atoms with Gasteiger partial charge in [-0.1, -0.05) is 60.7 Å². The molecule has 2 aliphatic heterocycles. The van der Waals surface area contributed by atoms with Gasteiger partial charge in [-0.05, 0) is 46.4 Å². The summed E-state index contributed by atoms with van der Waals surface area (Å²) in [4.78, 5) is 0. The highest BCUT2D eigenvalue weighted by atomic mass is 16.5. The molecule has 184 valence electrons. The van der Waals surface area contributed by atoms with Crippen molar-refractivity contribution >= 4 is 0 Å². The van der Waals surface area contributed by atoms with Crippen LogP contribution in [0.3, 0.4) is 0 Å². The highest BCUT2D eigenvalue weighted by Gasteiger charge is 2.43. The van der Waals surface area contributed by atoms with Crippen LogP contribution < -0.4 is 4.74 Å². The van der Waals surface area contributed by atoms with E-state index < -0.39 is 37.1 Å². The zero-order valence-corrected chi connectivity index (χ0v) is 19.2.